The van der Waals surface area contributed by atoms with Gasteiger partial charge in [-0.15, -0.1) is 0 Å². The van der Waals surface area contributed by atoms with Gasteiger partial charge in [-0.25, -0.2) is 9.59 Å². The summed E-state index contributed by atoms with van der Waals surface area (Å²) in [4.78, 5) is 53.3. The number of carbonyl (C=O) groups is 4. The van der Waals surface area contributed by atoms with Crippen LogP contribution < -0.4 is 5.32 Å². The molecule has 0 bridgehead atoms. The van der Waals surface area contributed by atoms with Crippen molar-refractivity contribution in [2.45, 2.75) is 32.4 Å². The normalized spacial score (nSPS) is 19.3. The summed E-state index contributed by atoms with van der Waals surface area (Å²) >= 11 is 0. The number of hydrogen-bond acceptors (Lipinski definition) is 5. The standard InChI is InChI=1S/C20H26N4O5/c1-2-29-20(28)23-12-10-22(11-13-23)17(25)9-8-16-18(26)24(19(27)21-16)14-15-6-4-3-5-7-15/h3-7,16H,2,8-14H2,1H3,(H,21,27)/t16-/m1/s1. The number of imide groups is 1. The van der Waals surface area contributed by atoms with Crippen LogP contribution in [-0.4, -0.2) is 77.5 Å². The van der Waals surface area contributed by atoms with Crippen molar-refractivity contribution >= 4 is 23.9 Å². The minimum Gasteiger partial charge on any atom is -0.450 e. The van der Waals surface area contributed by atoms with E-state index in [0.717, 1.165) is 5.56 Å². The van der Waals surface area contributed by atoms with Crippen LogP contribution in [0.25, 0.3) is 0 Å². The lowest BCUT2D eigenvalue weighted by Crippen LogP contribution is -2.50. The van der Waals surface area contributed by atoms with Crippen molar-refractivity contribution < 1.29 is 23.9 Å². The topological polar surface area (TPSA) is 99.3 Å². The fraction of sp³-hybridized carbons (Fsp3) is 0.500. The lowest BCUT2D eigenvalue weighted by Gasteiger charge is -2.34. The van der Waals surface area contributed by atoms with Gasteiger partial charge in [0, 0.05) is 32.6 Å². The molecule has 0 aromatic heterocycles. The van der Waals surface area contributed by atoms with E-state index in [1.165, 1.54) is 4.90 Å². The van der Waals surface area contributed by atoms with Gasteiger partial charge in [0.1, 0.15) is 6.04 Å². The Kier molecular flexibility index (Phi) is 6.69. The van der Waals surface area contributed by atoms with Crippen LogP contribution in [0.4, 0.5) is 9.59 Å². The molecule has 0 aliphatic carbocycles. The average Bonchev–Trinajstić information content (AvgIpc) is 3.00. The number of ether oxygens (including phenoxy) is 1. The Morgan fingerprint density at radius 2 is 1.72 bits per heavy atom. The first-order chi connectivity index (χ1) is 14.0. The summed E-state index contributed by atoms with van der Waals surface area (Å²) in [6.45, 7) is 4.00. The first-order valence-electron chi connectivity index (χ1n) is 9.85. The summed E-state index contributed by atoms with van der Waals surface area (Å²) in [5.41, 5.74) is 0.868. The summed E-state index contributed by atoms with van der Waals surface area (Å²) in [6.07, 6.45) is 0.0552. The Morgan fingerprint density at radius 3 is 2.38 bits per heavy atom. The molecule has 3 rings (SSSR count). The Morgan fingerprint density at radius 1 is 1.07 bits per heavy atom. The molecule has 1 N–H and O–H groups in total. The van der Waals surface area contributed by atoms with Gasteiger partial charge in [-0.1, -0.05) is 30.3 Å². The monoisotopic (exact) mass is 402 g/mol. The van der Waals surface area contributed by atoms with Gasteiger partial charge in [-0.2, -0.15) is 0 Å². The minimum atomic E-state index is -0.684. The van der Waals surface area contributed by atoms with Crippen molar-refractivity contribution in [3.05, 3.63) is 35.9 Å². The molecule has 0 unspecified atom stereocenters. The third-order valence-electron chi connectivity index (χ3n) is 5.10. The molecule has 2 heterocycles. The molecule has 2 fully saturated rings. The van der Waals surface area contributed by atoms with Crippen molar-refractivity contribution in [2.24, 2.45) is 0 Å². The zero-order valence-electron chi connectivity index (χ0n) is 16.5. The third kappa shape index (κ3) is 5.04. The van der Waals surface area contributed by atoms with Gasteiger partial charge in [0.25, 0.3) is 5.91 Å². The van der Waals surface area contributed by atoms with Crippen molar-refractivity contribution in [1.82, 2.24) is 20.0 Å². The van der Waals surface area contributed by atoms with Crippen LogP contribution in [0.2, 0.25) is 0 Å². The average molecular weight is 402 g/mol. The molecule has 1 aromatic rings. The van der Waals surface area contributed by atoms with Gasteiger partial charge in [0.15, 0.2) is 0 Å². The summed E-state index contributed by atoms with van der Waals surface area (Å²) in [6, 6.07) is 8.17. The molecule has 156 valence electrons. The molecule has 2 saturated heterocycles. The first kappa shape index (κ1) is 20.6. The number of urea groups is 1. The number of carbonyl (C=O) groups excluding carboxylic acids is 4. The summed E-state index contributed by atoms with van der Waals surface area (Å²) in [7, 11) is 0. The predicted octanol–water partition coefficient (Wildman–Crippen LogP) is 1.19. The van der Waals surface area contributed by atoms with E-state index in [0.29, 0.717) is 32.8 Å². The van der Waals surface area contributed by atoms with Gasteiger partial charge in [-0.3, -0.25) is 14.5 Å². The number of amides is 5. The largest absolute Gasteiger partial charge is 0.450 e. The van der Waals surface area contributed by atoms with Crippen LogP contribution in [0, 0.1) is 0 Å². The number of hydrogen-bond donors (Lipinski definition) is 1. The van der Waals surface area contributed by atoms with Crippen LogP contribution in [0.1, 0.15) is 25.3 Å². The Labute approximate surface area is 169 Å². The number of rotatable bonds is 6. The van der Waals surface area contributed by atoms with E-state index in [9.17, 15) is 19.2 Å². The van der Waals surface area contributed by atoms with E-state index in [4.69, 9.17) is 4.74 Å². The van der Waals surface area contributed by atoms with E-state index in [1.54, 1.807) is 16.7 Å². The highest BCUT2D eigenvalue weighted by Gasteiger charge is 2.38. The summed E-state index contributed by atoms with van der Waals surface area (Å²) < 4.78 is 4.97. The lowest BCUT2D eigenvalue weighted by molar-refractivity contribution is -0.133. The fourth-order valence-electron chi connectivity index (χ4n) is 3.47. The molecular formula is C20H26N4O5. The fourth-order valence-corrected chi connectivity index (χ4v) is 3.47. The molecule has 1 atom stereocenters. The third-order valence-corrected chi connectivity index (χ3v) is 5.10. The smallest absolute Gasteiger partial charge is 0.409 e. The molecule has 2 aliphatic rings. The quantitative estimate of drug-likeness (QED) is 0.721. The van der Waals surface area contributed by atoms with E-state index in [2.05, 4.69) is 5.32 Å². The number of piperazine rings is 1. The van der Waals surface area contributed by atoms with Crippen LogP contribution in [-0.2, 0) is 20.9 Å². The van der Waals surface area contributed by atoms with Crippen LogP contribution >= 0.6 is 0 Å². The molecule has 0 spiro atoms. The van der Waals surface area contributed by atoms with Crippen molar-refractivity contribution in [3.63, 3.8) is 0 Å². The van der Waals surface area contributed by atoms with Gasteiger partial charge in [-0.05, 0) is 18.9 Å². The Bertz CT molecular complexity index is 761. The second-order valence-electron chi connectivity index (χ2n) is 7.02. The van der Waals surface area contributed by atoms with Crippen molar-refractivity contribution in [2.75, 3.05) is 32.8 Å². The summed E-state index contributed by atoms with van der Waals surface area (Å²) in [5, 5.41) is 2.67. The molecule has 9 nitrogen and oxygen atoms in total. The van der Waals surface area contributed by atoms with E-state index >= 15 is 0 Å². The van der Waals surface area contributed by atoms with Crippen LogP contribution in [0.3, 0.4) is 0 Å². The second kappa shape index (κ2) is 9.40. The van der Waals surface area contributed by atoms with Gasteiger partial charge >= 0.3 is 12.1 Å². The number of nitrogens with zero attached hydrogens (tertiary/aromatic N) is 3. The van der Waals surface area contributed by atoms with E-state index in [1.807, 2.05) is 30.3 Å². The highest BCUT2D eigenvalue weighted by molar-refractivity contribution is 6.04. The SMILES string of the molecule is CCOC(=O)N1CCN(C(=O)CC[C@H]2NC(=O)N(Cc3ccccc3)C2=O)CC1. The van der Waals surface area contributed by atoms with Crippen molar-refractivity contribution in [1.29, 1.82) is 0 Å². The number of nitrogens with one attached hydrogen (secondary N) is 1. The molecule has 2 aliphatic heterocycles. The van der Waals surface area contributed by atoms with Gasteiger partial charge in [0.2, 0.25) is 5.91 Å². The Balaban J connectivity index is 1.45. The van der Waals surface area contributed by atoms with Crippen LogP contribution in [0.5, 0.6) is 0 Å². The first-order valence-corrected chi connectivity index (χ1v) is 9.85. The lowest BCUT2D eigenvalue weighted by atomic mass is 10.1. The molecule has 0 radical (unpaired) electrons. The second-order valence-corrected chi connectivity index (χ2v) is 7.02. The molecule has 29 heavy (non-hydrogen) atoms. The molecular weight excluding hydrogens is 376 g/mol. The maximum absolute atomic E-state index is 12.5. The predicted molar refractivity (Wildman–Crippen MR) is 104 cm³/mol. The zero-order chi connectivity index (χ0) is 20.8. The van der Waals surface area contributed by atoms with Crippen LogP contribution in [0.15, 0.2) is 30.3 Å². The van der Waals surface area contributed by atoms with Gasteiger partial charge in [0.05, 0.1) is 13.2 Å². The maximum atomic E-state index is 12.5. The molecule has 0 saturated carbocycles. The minimum absolute atomic E-state index is 0.0860. The molecule has 9 heteroatoms. The highest BCUT2D eigenvalue weighted by atomic mass is 16.6. The van der Waals surface area contributed by atoms with E-state index < -0.39 is 12.1 Å². The zero-order valence-corrected chi connectivity index (χ0v) is 16.5. The van der Waals surface area contributed by atoms with Gasteiger partial charge < -0.3 is 19.9 Å². The maximum Gasteiger partial charge on any atom is 0.409 e. The highest BCUT2D eigenvalue weighted by Crippen LogP contribution is 2.16. The number of benzene rings is 1. The Hall–Kier alpha value is -3.10. The van der Waals surface area contributed by atoms with Crippen molar-refractivity contribution in [3.8, 4) is 0 Å². The summed E-state index contributed by atoms with van der Waals surface area (Å²) in [5.74, 6) is -0.393. The molecule has 1 aromatic carbocycles. The van der Waals surface area contributed by atoms with E-state index in [-0.39, 0.29) is 37.3 Å². The molecule has 5 amide bonds.